The molecule has 3 aromatic rings. The third-order valence-corrected chi connectivity index (χ3v) is 3.24. The monoisotopic (exact) mass is 300 g/mol. The number of hydrogen-bond donors (Lipinski definition) is 0. The van der Waals surface area contributed by atoms with Gasteiger partial charge in [-0.15, -0.1) is 0 Å². The van der Waals surface area contributed by atoms with Crippen molar-refractivity contribution < 1.29 is 16.4 Å². The van der Waals surface area contributed by atoms with Crippen LogP contribution in [0.3, 0.4) is 0 Å². The van der Waals surface area contributed by atoms with E-state index in [9.17, 15) is 0 Å². The van der Waals surface area contributed by atoms with E-state index in [0.717, 1.165) is 12.3 Å². The highest BCUT2D eigenvalue weighted by molar-refractivity contribution is 5.72. The molecule has 0 aliphatic rings. The zero-order valence-corrected chi connectivity index (χ0v) is 11.5. The Balaban J connectivity index is 2.25. The van der Waals surface area contributed by atoms with Gasteiger partial charge in [0.1, 0.15) is 0 Å². The Morgan fingerprint density at radius 3 is 2.55 bits per heavy atom. The molecule has 3 rings (SSSR count). The molecule has 2 heteroatoms. The Kier molecular flexibility index (Phi) is 1.55. The van der Waals surface area contributed by atoms with Crippen LogP contribution in [0.2, 0.25) is 0 Å². The van der Waals surface area contributed by atoms with E-state index in [4.69, 9.17) is 16.4 Å². The second-order valence-corrected chi connectivity index (χ2v) is 4.78. The number of rotatable bonds is 2. The van der Waals surface area contributed by atoms with Crippen LogP contribution in [0, 0.1) is 27.4 Å². The van der Waals surface area contributed by atoms with Gasteiger partial charge in [-0.3, -0.25) is 9.97 Å². The number of aromatic nitrogens is 2. The Morgan fingerprint density at radius 2 is 1.73 bits per heavy atom. The minimum absolute atomic E-state index is 0.0819. The largest absolute Gasteiger partial charge is 0.256 e. The SMILES string of the molecule is [2H]C([2H])([2H])c1cccc(-c2cc(-c3cc(C([2H])([2H])[2H])c(C([2H])([2H])[2H])cn3)ccc2C([2H])([2H])[2H])n1. The fraction of sp³-hybridized carbons (Fsp3) is 0.200. The molecule has 110 valence electrons. The highest BCUT2D eigenvalue weighted by Crippen LogP contribution is 2.28. The summed E-state index contributed by atoms with van der Waals surface area (Å²) in [5.74, 6) is 0. The molecule has 0 aliphatic carbocycles. The lowest BCUT2D eigenvalue weighted by Gasteiger charge is -2.10. The van der Waals surface area contributed by atoms with E-state index in [-0.39, 0.29) is 33.8 Å². The Hall–Kier alpha value is -2.48. The molecule has 0 saturated heterocycles. The molecule has 0 atom stereocenters. The predicted molar refractivity (Wildman–Crippen MR) is 91.9 cm³/mol. The summed E-state index contributed by atoms with van der Waals surface area (Å²) in [7, 11) is 0. The van der Waals surface area contributed by atoms with Gasteiger partial charge >= 0.3 is 0 Å². The zero-order valence-electron chi connectivity index (χ0n) is 23.5. The minimum atomic E-state index is -2.72. The van der Waals surface area contributed by atoms with Crippen LogP contribution in [0.15, 0.2) is 48.7 Å². The zero-order chi connectivity index (χ0) is 25.7. The lowest BCUT2D eigenvalue weighted by Crippen LogP contribution is -1.92. The van der Waals surface area contributed by atoms with Crippen molar-refractivity contribution in [1.82, 2.24) is 9.97 Å². The van der Waals surface area contributed by atoms with Gasteiger partial charge in [-0.1, -0.05) is 18.2 Å². The van der Waals surface area contributed by atoms with Crippen LogP contribution in [-0.2, 0) is 0 Å². The van der Waals surface area contributed by atoms with Crippen molar-refractivity contribution >= 4 is 0 Å². The molecule has 2 heterocycles. The smallest absolute Gasteiger partial charge is 0.0708 e. The van der Waals surface area contributed by atoms with Crippen molar-refractivity contribution in [3.63, 3.8) is 0 Å². The van der Waals surface area contributed by atoms with Crippen LogP contribution in [0.25, 0.3) is 22.5 Å². The molecule has 0 saturated carbocycles. The van der Waals surface area contributed by atoms with Gasteiger partial charge in [0.15, 0.2) is 0 Å². The van der Waals surface area contributed by atoms with Gasteiger partial charge in [-0.05, 0) is 68.4 Å². The van der Waals surface area contributed by atoms with E-state index in [1.54, 1.807) is 0 Å². The van der Waals surface area contributed by atoms with Crippen LogP contribution in [0.5, 0.6) is 0 Å². The topological polar surface area (TPSA) is 25.8 Å². The Morgan fingerprint density at radius 1 is 0.818 bits per heavy atom. The van der Waals surface area contributed by atoms with Crippen LogP contribution < -0.4 is 0 Å². The molecular formula is C20H20N2. The highest BCUT2D eigenvalue weighted by atomic mass is 14.7. The molecule has 0 aliphatic heterocycles. The van der Waals surface area contributed by atoms with Gasteiger partial charge in [0.25, 0.3) is 0 Å². The number of pyridine rings is 2. The molecule has 0 bridgehead atoms. The highest BCUT2D eigenvalue weighted by Gasteiger charge is 2.08. The molecule has 0 radical (unpaired) electrons. The van der Waals surface area contributed by atoms with Crippen LogP contribution in [0.1, 0.15) is 38.8 Å². The molecule has 1 aromatic carbocycles. The number of hydrogen-bond acceptors (Lipinski definition) is 2. The van der Waals surface area contributed by atoms with Crippen molar-refractivity contribution in [3.8, 4) is 22.5 Å². The lowest BCUT2D eigenvalue weighted by molar-refractivity contribution is 1.19. The van der Waals surface area contributed by atoms with E-state index < -0.39 is 33.0 Å². The van der Waals surface area contributed by atoms with E-state index in [1.165, 1.54) is 36.4 Å². The molecule has 0 N–H and O–H groups in total. The van der Waals surface area contributed by atoms with Gasteiger partial charge in [0.2, 0.25) is 0 Å². The van der Waals surface area contributed by atoms with E-state index >= 15 is 0 Å². The summed E-state index contributed by atoms with van der Waals surface area (Å²) in [6.07, 6.45) is 0.981. The summed E-state index contributed by atoms with van der Waals surface area (Å²) in [5.41, 5.74) is -0.420. The first-order chi connectivity index (χ1) is 15.4. The summed E-state index contributed by atoms with van der Waals surface area (Å²) in [5, 5.41) is 0. The molecule has 0 spiro atoms. The predicted octanol–water partition coefficient (Wildman–Crippen LogP) is 5.04. The van der Waals surface area contributed by atoms with Crippen molar-refractivity contribution in [2.24, 2.45) is 0 Å². The maximum absolute atomic E-state index is 7.87. The molecular weight excluding hydrogens is 268 g/mol. The van der Waals surface area contributed by atoms with E-state index in [1.807, 2.05) is 0 Å². The molecule has 0 fully saturated rings. The van der Waals surface area contributed by atoms with Gasteiger partial charge in [0.05, 0.1) is 11.4 Å². The second-order valence-electron chi connectivity index (χ2n) is 4.78. The maximum atomic E-state index is 7.87. The van der Waals surface area contributed by atoms with Crippen LogP contribution in [0.4, 0.5) is 0 Å². The second kappa shape index (κ2) is 5.72. The standard InChI is InChI=1S/C20H20N2/c1-13-8-9-17(20-10-14(2)15(3)12-21-20)11-18(13)19-7-5-6-16(4)22-19/h5-12H,1-4H3/i1D3,2D3,3D3,4D3. The first-order valence-corrected chi connectivity index (χ1v) is 6.53. The van der Waals surface area contributed by atoms with Gasteiger partial charge < -0.3 is 0 Å². The average Bonchev–Trinajstić information content (AvgIpc) is 2.70. The van der Waals surface area contributed by atoms with Gasteiger partial charge in [0, 0.05) is 39.5 Å². The van der Waals surface area contributed by atoms with Crippen molar-refractivity contribution in [3.05, 3.63) is 71.0 Å². The number of benzene rings is 1. The summed E-state index contributed by atoms with van der Waals surface area (Å²) >= 11 is 0. The van der Waals surface area contributed by atoms with E-state index in [0.29, 0.717) is 5.56 Å². The molecule has 22 heavy (non-hydrogen) atoms. The fourth-order valence-corrected chi connectivity index (χ4v) is 2.11. The third-order valence-electron chi connectivity index (χ3n) is 3.24. The van der Waals surface area contributed by atoms with Crippen molar-refractivity contribution in [2.75, 3.05) is 0 Å². The average molecular weight is 300 g/mol. The summed E-state index contributed by atoms with van der Waals surface area (Å²) in [4.78, 5) is 8.24. The summed E-state index contributed by atoms with van der Waals surface area (Å²) in [6.45, 7) is -10.5. The van der Waals surface area contributed by atoms with E-state index in [2.05, 4.69) is 9.97 Å². The quantitative estimate of drug-likeness (QED) is 0.662. The fourth-order valence-electron chi connectivity index (χ4n) is 2.11. The van der Waals surface area contributed by atoms with Crippen LogP contribution in [-0.4, -0.2) is 9.97 Å². The first kappa shape index (κ1) is 5.96. The van der Waals surface area contributed by atoms with Crippen molar-refractivity contribution in [1.29, 1.82) is 0 Å². The molecule has 2 aromatic heterocycles. The minimum Gasteiger partial charge on any atom is -0.256 e. The number of nitrogens with zero attached hydrogens (tertiary/aromatic N) is 2. The molecule has 2 nitrogen and oxygen atoms in total. The maximum Gasteiger partial charge on any atom is 0.0708 e. The normalized spacial score (nSPS) is 21.1. The van der Waals surface area contributed by atoms with Gasteiger partial charge in [-0.2, -0.15) is 0 Å². The lowest BCUT2D eigenvalue weighted by atomic mass is 9.99. The number of aryl methyl sites for hydroxylation is 4. The molecule has 0 unspecified atom stereocenters. The van der Waals surface area contributed by atoms with Crippen molar-refractivity contribution in [2.45, 2.75) is 27.4 Å². The van der Waals surface area contributed by atoms with Crippen LogP contribution >= 0.6 is 0 Å². The Labute approximate surface area is 148 Å². The Bertz CT molecular complexity index is 1200. The van der Waals surface area contributed by atoms with Gasteiger partial charge in [-0.25, -0.2) is 0 Å². The summed E-state index contributed by atoms with van der Waals surface area (Å²) < 4.78 is 92.4. The summed E-state index contributed by atoms with van der Waals surface area (Å²) in [6, 6.07) is 9.56. The molecule has 0 amide bonds. The third kappa shape index (κ3) is 2.77. The first-order valence-electron chi connectivity index (χ1n) is 12.5.